The number of halogens is 1. The minimum atomic E-state index is -0.766. The highest BCUT2D eigenvalue weighted by atomic mass is 19.1. The van der Waals surface area contributed by atoms with Crippen LogP contribution in [0.4, 0.5) is 4.39 Å². The Morgan fingerprint density at radius 1 is 1.10 bits per heavy atom. The number of carboxylic acids is 1. The molecular weight excluding hydrogens is 509 g/mol. The fourth-order valence-electron chi connectivity index (χ4n) is 5.44. The van der Waals surface area contributed by atoms with E-state index in [2.05, 4.69) is 24.9 Å². The van der Waals surface area contributed by atoms with Crippen molar-refractivity contribution in [2.75, 3.05) is 6.61 Å². The number of aliphatic carboxylic acids is 1. The third-order valence-corrected chi connectivity index (χ3v) is 7.54. The van der Waals surface area contributed by atoms with Crippen molar-refractivity contribution in [3.05, 3.63) is 77.2 Å². The Labute approximate surface area is 235 Å². The Kier molecular flexibility index (Phi) is 9.00. The van der Waals surface area contributed by atoms with Crippen LogP contribution in [0, 0.1) is 17.7 Å². The molecule has 1 N–H and O–H groups in total. The fraction of sp³-hybridized carbons (Fsp3) is 0.455. The number of aromatic nitrogens is 1. The zero-order valence-electron chi connectivity index (χ0n) is 23.3. The summed E-state index contributed by atoms with van der Waals surface area (Å²) >= 11 is 0. The average molecular weight is 548 g/mol. The van der Waals surface area contributed by atoms with Gasteiger partial charge in [-0.15, -0.1) is 0 Å². The summed E-state index contributed by atoms with van der Waals surface area (Å²) in [5.74, 6) is 0.868. The summed E-state index contributed by atoms with van der Waals surface area (Å²) < 4.78 is 32.9. The highest BCUT2D eigenvalue weighted by Gasteiger charge is 2.33. The first-order valence-corrected chi connectivity index (χ1v) is 14.4. The van der Waals surface area contributed by atoms with E-state index in [1.807, 2.05) is 24.3 Å². The van der Waals surface area contributed by atoms with Crippen LogP contribution < -0.4 is 9.47 Å². The monoisotopic (exact) mass is 547 g/mol. The Balaban J connectivity index is 1.34. The molecule has 1 aromatic heterocycles. The molecule has 0 amide bonds. The van der Waals surface area contributed by atoms with Gasteiger partial charge in [0.15, 0.2) is 6.29 Å². The van der Waals surface area contributed by atoms with Crippen LogP contribution in [0.1, 0.15) is 75.0 Å². The van der Waals surface area contributed by atoms with Gasteiger partial charge in [0, 0.05) is 12.0 Å². The van der Waals surface area contributed by atoms with Crippen molar-refractivity contribution in [3.63, 3.8) is 0 Å². The van der Waals surface area contributed by atoms with Gasteiger partial charge < -0.3 is 19.3 Å². The van der Waals surface area contributed by atoms with E-state index >= 15 is 4.39 Å². The minimum Gasteiger partial charge on any atom is -0.487 e. The van der Waals surface area contributed by atoms with E-state index in [1.54, 1.807) is 18.3 Å². The van der Waals surface area contributed by atoms with Gasteiger partial charge in [-0.25, -0.2) is 4.39 Å². The first kappa shape index (κ1) is 28.1. The average Bonchev–Trinajstić information content (AvgIpc) is 3.78. The number of benzene rings is 2. The third kappa shape index (κ3) is 7.39. The topological polar surface area (TPSA) is 77.9 Å². The molecule has 1 saturated carbocycles. The Bertz CT molecular complexity index is 1320. The summed E-state index contributed by atoms with van der Waals surface area (Å²) in [6.45, 7) is 5.24. The molecule has 0 bridgehead atoms. The van der Waals surface area contributed by atoms with Crippen LogP contribution in [0.2, 0.25) is 0 Å². The molecule has 2 heterocycles. The molecular formula is C33H38FNO5. The van der Waals surface area contributed by atoms with Gasteiger partial charge in [0.05, 0.1) is 24.9 Å². The zero-order chi connectivity index (χ0) is 28.1. The molecule has 3 aromatic rings. The van der Waals surface area contributed by atoms with Gasteiger partial charge in [-0.05, 0) is 90.8 Å². The lowest BCUT2D eigenvalue weighted by Gasteiger charge is -2.23. The molecule has 0 radical (unpaired) electrons. The van der Waals surface area contributed by atoms with E-state index in [4.69, 9.17) is 14.2 Å². The third-order valence-electron chi connectivity index (χ3n) is 7.54. The number of ether oxygens (including phenoxy) is 3. The maximum atomic E-state index is 15.1. The summed E-state index contributed by atoms with van der Waals surface area (Å²) in [7, 11) is 0. The Morgan fingerprint density at radius 2 is 1.95 bits per heavy atom. The molecule has 1 saturated heterocycles. The summed E-state index contributed by atoms with van der Waals surface area (Å²) in [5.41, 5.74) is 3.91. The minimum absolute atomic E-state index is 0.0374. The number of pyridine rings is 1. The van der Waals surface area contributed by atoms with Crippen LogP contribution >= 0.6 is 0 Å². The normalized spacial score (nSPS) is 17.9. The van der Waals surface area contributed by atoms with Crippen molar-refractivity contribution >= 4 is 5.97 Å². The second kappa shape index (κ2) is 12.8. The first-order valence-electron chi connectivity index (χ1n) is 14.4. The standard InChI is InChI=1S/C33H38FNO5/c1-21(2)14-25-16-27(39-20-22-6-5-7-24(15-22)28(18-31(36)37)23-9-10-23)19-35-33(25)29-17-26(11-12-30(29)34)40-32-8-3-4-13-38-32/h5-7,11-12,15-17,19,21,23,28,32H,3-4,8-10,13-14,18,20H2,1-2H3,(H,36,37). The van der Waals surface area contributed by atoms with Crippen molar-refractivity contribution in [3.8, 4) is 22.8 Å². The fourth-order valence-corrected chi connectivity index (χ4v) is 5.44. The Morgan fingerprint density at radius 3 is 2.67 bits per heavy atom. The van der Waals surface area contributed by atoms with E-state index in [1.165, 1.54) is 6.07 Å². The molecule has 2 fully saturated rings. The van der Waals surface area contributed by atoms with Crippen LogP contribution in [0.15, 0.2) is 54.7 Å². The lowest BCUT2D eigenvalue weighted by Crippen LogP contribution is -2.25. The Hall–Kier alpha value is -3.45. The van der Waals surface area contributed by atoms with E-state index in [-0.39, 0.29) is 24.4 Å². The van der Waals surface area contributed by atoms with Gasteiger partial charge in [0.1, 0.15) is 23.9 Å². The second-order valence-corrected chi connectivity index (χ2v) is 11.4. The van der Waals surface area contributed by atoms with Crippen molar-refractivity contribution in [2.45, 2.75) is 77.6 Å². The van der Waals surface area contributed by atoms with E-state index in [9.17, 15) is 9.90 Å². The van der Waals surface area contributed by atoms with Crippen LogP contribution in [0.25, 0.3) is 11.3 Å². The van der Waals surface area contributed by atoms with Crippen molar-refractivity contribution < 1.29 is 28.5 Å². The van der Waals surface area contributed by atoms with Gasteiger partial charge in [-0.3, -0.25) is 9.78 Å². The number of rotatable bonds is 12. The van der Waals surface area contributed by atoms with Gasteiger partial charge in [-0.2, -0.15) is 0 Å². The largest absolute Gasteiger partial charge is 0.487 e. The molecule has 5 rings (SSSR count). The van der Waals surface area contributed by atoms with Crippen molar-refractivity contribution in [2.24, 2.45) is 11.8 Å². The number of nitrogens with zero attached hydrogens (tertiary/aromatic N) is 1. The lowest BCUT2D eigenvalue weighted by atomic mass is 9.90. The van der Waals surface area contributed by atoms with Gasteiger partial charge in [0.25, 0.3) is 0 Å². The van der Waals surface area contributed by atoms with Crippen LogP contribution in [0.3, 0.4) is 0 Å². The van der Waals surface area contributed by atoms with Crippen LogP contribution in [0.5, 0.6) is 11.5 Å². The molecule has 2 unspecified atom stereocenters. The zero-order valence-corrected chi connectivity index (χ0v) is 23.3. The maximum Gasteiger partial charge on any atom is 0.303 e. The molecule has 2 atom stereocenters. The highest BCUT2D eigenvalue weighted by molar-refractivity contribution is 5.68. The summed E-state index contributed by atoms with van der Waals surface area (Å²) in [5, 5.41) is 9.37. The molecule has 1 aliphatic heterocycles. The van der Waals surface area contributed by atoms with Crippen LogP contribution in [-0.4, -0.2) is 29.0 Å². The summed E-state index contributed by atoms with van der Waals surface area (Å²) in [6.07, 6.45) is 7.25. The molecule has 40 heavy (non-hydrogen) atoms. The quantitative estimate of drug-likeness (QED) is 0.252. The van der Waals surface area contributed by atoms with Gasteiger partial charge in [0.2, 0.25) is 0 Å². The number of hydrogen-bond donors (Lipinski definition) is 1. The van der Waals surface area contributed by atoms with E-state index in [0.717, 1.165) is 48.8 Å². The SMILES string of the molecule is CC(C)Cc1cc(OCc2cccc(C(CC(=O)O)C3CC3)c2)cnc1-c1cc(OC2CCCCO2)ccc1F. The molecule has 0 spiro atoms. The highest BCUT2D eigenvalue weighted by Crippen LogP contribution is 2.44. The van der Waals surface area contributed by atoms with Crippen molar-refractivity contribution in [1.82, 2.24) is 4.98 Å². The predicted molar refractivity (Wildman–Crippen MR) is 151 cm³/mol. The van der Waals surface area contributed by atoms with Gasteiger partial charge in [-0.1, -0.05) is 38.1 Å². The molecule has 2 aromatic carbocycles. The first-order chi connectivity index (χ1) is 19.4. The second-order valence-electron chi connectivity index (χ2n) is 11.4. The molecule has 7 heteroatoms. The van der Waals surface area contributed by atoms with Crippen LogP contribution in [-0.2, 0) is 22.6 Å². The van der Waals surface area contributed by atoms with E-state index < -0.39 is 5.97 Å². The van der Waals surface area contributed by atoms with Gasteiger partial charge >= 0.3 is 5.97 Å². The summed E-state index contributed by atoms with van der Waals surface area (Å²) in [6, 6.07) is 14.7. The summed E-state index contributed by atoms with van der Waals surface area (Å²) in [4.78, 5) is 16.1. The number of carboxylic acid groups (broad SMARTS) is 1. The molecule has 2 aliphatic rings. The number of hydrogen-bond acceptors (Lipinski definition) is 5. The van der Waals surface area contributed by atoms with E-state index in [0.29, 0.717) is 54.2 Å². The predicted octanol–water partition coefficient (Wildman–Crippen LogP) is 7.54. The maximum absolute atomic E-state index is 15.1. The molecule has 212 valence electrons. The van der Waals surface area contributed by atoms with Crippen molar-refractivity contribution in [1.29, 1.82) is 0 Å². The molecule has 1 aliphatic carbocycles. The number of carbonyl (C=O) groups is 1. The molecule has 6 nitrogen and oxygen atoms in total. The lowest BCUT2D eigenvalue weighted by molar-refractivity contribution is -0.137. The smallest absolute Gasteiger partial charge is 0.303 e.